The summed E-state index contributed by atoms with van der Waals surface area (Å²) < 4.78 is 32.8. The Morgan fingerprint density at radius 2 is 1.96 bits per heavy atom. The van der Waals surface area contributed by atoms with Crippen LogP contribution in [0.4, 0.5) is 0 Å². The predicted molar refractivity (Wildman–Crippen MR) is 89.1 cm³/mol. The molecule has 1 heterocycles. The third-order valence-corrected chi connectivity index (χ3v) is 7.74. The van der Waals surface area contributed by atoms with E-state index in [0.717, 1.165) is 36.5 Å². The summed E-state index contributed by atoms with van der Waals surface area (Å²) in [5.41, 5.74) is 0. The van der Waals surface area contributed by atoms with Gasteiger partial charge in [-0.3, -0.25) is 0 Å². The van der Waals surface area contributed by atoms with Crippen LogP contribution in [-0.2, 0) is 14.8 Å². The van der Waals surface area contributed by atoms with Crippen LogP contribution in [0.15, 0.2) is 16.3 Å². The highest BCUT2D eigenvalue weighted by atomic mass is 32.2. The third kappa shape index (κ3) is 3.61. The Kier molecular flexibility index (Phi) is 5.08. The Morgan fingerprint density at radius 3 is 2.70 bits per heavy atom. The summed E-state index contributed by atoms with van der Waals surface area (Å²) in [4.78, 5) is 11.9. The van der Waals surface area contributed by atoms with Crippen molar-refractivity contribution in [3.8, 4) is 0 Å². The van der Waals surface area contributed by atoms with Gasteiger partial charge in [-0.1, -0.05) is 25.7 Å². The molecule has 23 heavy (non-hydrogen) atoms. The highest BCUT2D eigenvalue weighted by Crippen LogP contribution is 2.40. The molecule has 3 rings (SSSR count). The summed E-state index contributed by atoms with van der Waals surface area (Å²) in [6.45, 7) is 0. The number of rotatable bonds is 4. The van der Waals surface area contributed by atoms with Crippen molar-refractivity contribution in [2.75, 3.05) is 7.11 Å². The number of esters is 1. The average molecular weight is 357 g/mol. The standard InChI is InChI=1S/C16H23NO4S2/c1-21-16(18)15-14(8-9-22-15)23(19,20)17-13-7-6-11-4-2-3-5-12(11)10-13/h8-9,11-13,17H,2-7,10H2,1H3. The molecule has 1 aromatic heterocycles. The van der Waals surface area contributed by atoms with E-state index in [1.54, 1.807) is 5.38 Å². The minimum absolute atomic E-state index is 0.0234. The zero-order chi connectivity index (χ0) is 16.4. The maximum atomic E-state index is 12.7. The van der Waals surface area contributed by atoms with Crippen molar-refractivity contribution in [2.45, 2.75) is 55.9 Å². The molecular formula is C16H23NO4S2. The second-order valence-corrected chi connectivity index (χ2v) is 9.14. The van der Waals surface area contributed by atoms with E-state index in [1.165, 1.54) is 38.9 Å². The van der Waals surface area contributed by atoms with Crippen LogP contribution < -0.4 is 4.72 Å². The van der Waals surface area contributed by atoms with Crippen molar-refractivity contribution in [1.82, 2.24) is 4.72 Å². The molecule has 0 spiro atoms. The molecule has 3 unspecified atom stereocenters. The van der Waals surface area contributed by atoms with Gasteiger partial charge in [-0.15, -0.1) is 11.3 Å². The van der Waals surface area contributed by atoms with Crippen LogP contribution in [0, 0.1) is 11.8 Å². The smallest absolute Gasteiger partial charge is 0.349 e. The molecule has 2 aliphatic rings. The van der Waals surface area contributed by atoms with Crippen molar-refractivity contribution in [1.29, 1.82) is 0 Å². The number of hydrogen-bond acceptors (Lipinski definition) is 5. The van der Waals surface area contributed by atoms with E-state index in [4.69, 9.17) is 0 Å². The van der Waals surface area contributed by atoms with E-state index < -0.39 is 16.0 Å². The largest absolute Gasteiger partial charge is 0.465 e. The van der Waals surface area contributed by atoms with Gasteiger partial charge in [0.2, 0.25) is 10.0 Å². The molecule has 0 saturated heterocycles. The van der Waals surface area contributed by atoms with Gasteiger partial charge in [0.05, 0.1) is 7.11 Å². The van der Waals surface area contributed by atoms with Crippen molar-refractivity contribution >= 4 is 27.3 Å². The highest BCUT2D eigenvalue weighted by Gasteiger charge is 2.35. The number of carbonyl (C=O) groups is 1. The normalized spacial score (nSPS) is 28.1. The maximum absolute atomic E-state index is 12.7. The number of hydrogen-bond donors (Lipinski definition) is 1. The van der Waals surface area contributed by atoms with Crippen LogP contribution in [-0.4, -0.2) is 27.5 Å². The Hall–Kier alpha value is -0.920. The number of sulfonamides is 1. The molecule has 1 N–H and O–H groups in total. The Balaban J connectivity index is 1.72. The SMILES string of the molecule is COC(=O)c1sccc1S(=O)(=O)NC1CCC2CCCCC2C1. The predicted octanol–water partition coefficient (Wildman–Crippen LogP) is 3.17. The second-order valence-electron chi connectivity index (χ2n) is 6.54. The van der Waals surface area contributed by atoms with Gasteiger partial charge in [0, 0.05) is 6.04 Å². The molecule has 0 aromatic carbocycles. The van der Waals surface area contributed by atoms with Gasteiger partial charge in [-0.05, 0) is 42.5 Å². The summed E-state index contributed by atoms with van der Waals surface area (Å²) in [7, 11) is -2.42. The van der Waals surface area contributed by atoms with Gasteiger partial charge >= 0.3 is 5.97 Å². The molecule has 128 valence electrons. The van der Waals surface area contributed by atoms with Crippen LogP contribution in [0.3, 0.4) is 0 Å². The molecule has 0 radical (unpaired) electrons. The first-order valence-electron chi connectivity index (χ1n) is 8.19. The topological polar surface area (TPSA) is 72.5 Å². The van der Waals surface area contributed by atoms with Gasteiger partial charge in [-0.2, -0.15) is 0 Å². The summed E-state index contributed by atoms with van der Waals surface area (Å²) in [5.74, 6) is 0.820. The Labute approximate surface area is 141 Å². The Bertz CT molecular complexity index is 667. The van der Waals surface area contributed by atoms with Gasteiger partial charge in [0.25, 0.3) is 0 Å². The molecule has 0 bridgehead atoms. The quantitative estimate of drug-likeness (QED) is 0.840. The summed E-state index contributed by atoms with van der Waals surface area (Å²) in [5, 5.41) is 1.61. The summed E-state index contributed by atoms with van der Waals surface area (Å²) in [6.07, 6.45) is 7.99. The first-order chi connectivity index (χ1) is 11.0. The molecule has 2 saturated carbocycles. The van der Waals surface area contributed by atoms with Crippen molar-refractivity contribution < 1.29 is 17.9 Å². The van der Waals surface area contributed by atoms with Crippen LogP contribution in [0.25, 0.3) is 0 Å². The summed E-state index contributed by atoms with van der Waals surface area (Å²) >= 11 is 1.10. The molecule has 3 atom stereocenters. The lowest BCUT2D eigenvalue weighted by Gasteiger charge is -2.39. The second kappa shape index (κ2) is 6.91. The number of nitrogens with one attached hydrogen (secondary N) is 1. The van der Waals surface area contributed by atoms with Gasteiger partial charge in [0.15, 0.2) is 0 Å². The first-order valence-corrected chi connectivity index (χ1v) is 10.6. The molecule has 0 amide bonds. The first kappa shape index (κ1) is 16.9. The molecule has 1 aromatic rings. The monoisotopic (exact) mass is 357 g/mol. The van der Waals surface area contributed by atoms with Crippen molar-refractivity contribution in [3.05, 3.63) is 16.3 Å². The minimum Gasteiger partial charge on any atom is -0.465 e. The Morgan fingerprint density at radius 1 is 1.22 bits per heavy atom. The van der Waals surface area contributed by atoms with Crippen LogP contribution >= 0.6 is 11.3 Å². The van der Waals surface area contributed by atoms with Crippen LogP contribution in [0.2, 0.25) is 0 Å². The number of thiophene rings is 1. The summed E-state index contributed by atoms with van der Waals surface area (Å²) in [6, 6.07) is 1.45. The van der Waals surface area contributed by atoms with Crippen LogP contribution in [0.1, 0.15) is 54.6 Å². The van der Waals surface area contributed by atoms with Crippen molar-refractivity contribution in [2.24, 2.45) is 11.8 Å². The molecule has 2 aliphatic carbocycles. The fraction of sp³-hybridized carbons (Fsp3) is 0.688. The van der Waals surface area contributed by atoms with Gasteiger partial charge in [-0.25, -0.2) is 17.9 Å². The van der Waals surface area contributed by atoms with Crippen LogP contribution in [0.5, 0.6) is 0 Å². The van der Waals surface area contributed by atoms with E-state index in [1.807, 2.05) is 0 Å². The molecule has 0 aliphatic heterocycles. The van der Waals surface area contributed by atoms with E-state index >= 15 is 0 Å². The third-order valence-electron chi connectivity index (χ3n) is 5.15. The van der Waals surface area contributed by atoms with Crippen molar-refractivity contribution in [3.63, 3.8) is 0 Å². The van der Waals surface area contributed by atoms with E-state index in [2.05, 4.69) is 9.46 Å². The zero-order valence-corrected chi connectivity index (χ0v) is 14.9. The fourth-order valence-corrected chi connectivity index (χ4v) is 6.63. The molecular weight excluding hydrogens is 334 g/mol. The van der Waals surface area contributed by atoms with E-state index in [0.29, 0.717) is 5.92 Å². The lowest BCUT2D eigenvalue weighted by molar-refractivity contribution is 0.0602. The van der Waals surface area contributed by atoms with E-state index in [-0.39, 0.29) is 15.8 Å². The lowest BCUT2D eigenvalue weighted by Crippen LogP contribution is -2.41. The minimum atomic E-state index is -3.68. The maximum Gasteiger partial charge on any atom is 0.349 e. The fourth-order valence-electron chi connectivity index (χ4n) is 4.01. The zero-order valence-electron chi connectivity index (χ0n) is 13.3. The molecule has 5 nitrogen and oxygen atoms in total. The average Bonchev–Trinajstić information content (AvgIpc) is 3.04. The number of methoxy groups -OCH3 is 1. The number of ether oxygens (including phenoxy) is 1. The van der Waals surface area contributed by atoms with Gasteiger partial charge in [0.1, 0.15) is 9.77 Å². The molecule has 7 heteroatoms. The van der Waals surface area contributed by atoms with E-state index in [9.17, 15) is 13.2 Å². The lowest BCUT2D eigenvalue weighted by atomic mass is 9.70. The van der Waals surface area contributed by atoms with Gasteiger partial charge < -0.3 is 4.74 Å². The molecule has 2 fully saturated rings. The highest BCUT2D eigenvalue weighted by molar-refractivity contribution is 7.89. The number of carbonyl (C=O) groups excluding carboxylic acids is 1. The number of fused-ring (bicyclic) bond motifs is 1.